The van der Waals surface area contributed by atoms with E-state index in [1.807, 2.05) is 6.07 Å². The van der Waals surface area contributed by atoms with Gasteiger partial charge < -0.3 is 10.2 Å². The topological polar surface area (TPSA) is 74.1 Å². The Labute approximate surface area is 138 Å². The first-order valence-corrected chi connectivity index (χ1v) is 7.68. The first-order chi connectivity index (χ1) is 11.2. The molecule has 5 nitrogen and oxygen atoms in total. The molecule has 3 rings (SSSR count). The number of hydrogen-bond acceptors (Lipinski definition) is 4. The predicted octanol–water partition coefficient (Wildman–Crippen LogP) is 3.16. The van der Waals surface area contributed by atoms with E-state index in [1.165, 1.54) is 0 Å². The second kappa shape index (κ2) is 6.81. The highest BCUT2D eigenvalue weighted by atomic mass is 35.5. The van der Waals surface area contributed by atoms with Gasteiger partial charge in [0.25, 0.3) is 5.56 Å². The van der Waals surface area contributed by atoms with Crippen molar-refractivity contribution in [3.05, 3.63) is 63.6 Å². The van der Waals surface area contributed by atoms with Gasteiger partial charge in [-0.3, -0.25) is 9.36 Å². The minimum absolute atomic E-state index is 0.0980. The fraction of sp³-hybridized carbons (Fsp3) is 0.176. The quantitative estimate of drug-likeness (QED) is 0.780. The third-order valence-corrected chi connectivity index (χ3v) is 3.71. The third kappa shape index (κ3) is 3.36. The predicted molar refractivity (Wildman–Crippen MR) is 92.3 cm³/mol. The average molecular weight is 330 g/mol. The van der Waals surface area contributed by atoms with E-state index in [1.54, 1.807) is 47.2 Å². The van der Waals surface area contributed by atoms with Gasteiger partial charge in [0.15, 0.2) is 0 Å². The number of hydrogen-bond donors (Lipinski definition) is 1. The van der Waals surface area contributed by atoms with Crippen LogP contribution in [0.1, 0.15) is 18.0 Å². The van der Waals surface area contributed by atoms with E-state index in [4.69, 9.17) is 21.8 Å². The van der Waals surface area contributed by atoms with Crippen LogP contribution in [0.3, 0.4) is 0 Å². The van der Waals surface area contributed by atoms with E-state index in [-0.39, 0.29) is 5.56 Å². The van der Waals surface area contributed by atoms with Crippen molar-refractivity contribution in [3.8, 4) is 0 Å². The standard InChI is InChI=1S/C17H16ClN3O2/c18-12-4-6-14-15(11-12)20-16(7-5-13-3-1-10-23-13)21(17(14)22)9-2-8-19/h1,3-7,10-11H,2,8-9,19H2/b7-5+. The summed E-state index contributed by atoms with van der Waals surface area (Å²) in [7, 11) is 0. The summed E-state index contributed by atoms with van der Waals surface area (Å²) in [5.74, 6) is 1.24. The molecule has 3 aromatic rings. The SMILES string of the molecule is NCCCn1c(/C=C/c2ccco2)nc2cc(Cl)ccc2c1=O. The molecular formula is C17H16ClN3O2. The van der Waals surface area contributed by atoms with Gasteiger partial charge >= 0.3 is 0 Å². The molecular weight excluding hydrogens is 314 g/mol. The molecule has 23 heavy (non-hydrogen) atoms. The van der Waals surface area contributed by atoms with E-state index in [0.29, 0.717) is 47.0 Å². The number of aromatic nitrogens is 2. The van der Waals surface area contributed by atoms with Crippen molar-refractivity contribution in [2.75, 3.05) is 6.54 Å². The lowest BCUT2D eigenvalue weighted by molar-refractivity contribution is 0.557. The van der Waals surface area contributed by atoms with Crippen LogP contribution in [-0.4, -0.2) is 16.1 Å². The summed E-state index contributed by atoms with van der Waals surface area (Å²) in [5, 5.41) is 1.09. The van der Waals surface area contributed by atoms with Crippen molar-refractivity contribution in [2.45, 2.75) is 13.0 Å². The Kier molecular flexibility index (Phi) is 4.60. The first kappa shape index (κ1) is 15.5. The molecule has 0 aliphatic carbocycles. The molecule has 0 aliphatic rings. The minimum Gasteiger partial charge on any atom is -0.465 e. The molecule has 0 bridgehead atoms. The monoisotopic (exact) mass is 329 g/mol. The summed E-state index contributed by atoms with van der Waals surface area (Å²) in [5.41, 5.74) is 6.05. The van der Waals surface area contributed by atoms with E-state index in [9.17, 15) is 4.79 Å². The zero-order valence-corrected chi connectivity index (χ0v) is 13.2. The summed E-state index contributed by atoms with van der Waals surface area (Å²) < 4.78 is 6.90. The van der Waals surface area contributed by atoms with E-state index in [0.717, 1.165) is 0 Å². The summed E-state index contributed by atoms with van der Waals surface area (Å²) in [6.45, 7) is 1.02. The molecule has 2 N–H and O–H groups in total. The molecule has 0 aliphatic heterocycles. The number of nitrogens with two attached hydrogens (primary N) is 1. The van der Waals surface area contributed by atoms with Crippen molar-refractivity contribution in [1.82, 2.24) is 9.55 Å². The smallest absolute Gasteiger partial charge is 0.261 e. The van der Waals surface area contributed by atoms with Crippen LogP contribution in [-0.2, 0) is 6.54 Å². The highest BCUT2D eigenvalue weighted by Gasteiger charge is 2.09. The molecule has 6 heteroatoms. The maximum atomic E-state index is 12.7. The highest BCUT2D eigenvalue weighted by Crippen LogP contribution is 2.16. The molecule has 118 valence electrons. The molecule has 0 saturated carbocycles. The second-order valence-corrected chi connectivity index (χ2v) is 5.52. The Morgan fingerprint density at radius 2 is 2.17 bits per heavy atom. The van der Waals surface area contributed by atoms with Gasteiger partial charge in [-0.05, 0) is 55.4 Å². The van der Waals surface area contributed by atoms with Crippen LogP contribution in [0.25, 0.3) is 23.1 Å². The van der Waals surface area contributed by atoms with Crippen LogP contribution in [0.4, 0.5) is 0 Å². The Bertz CT molecular complexity index is 898. The van der Waals surface area contributed by atoms with Gasteiger partial charge in [0.2, 0.25) is 0 Å². The lowest BCUT2D eigenvalue weighted by atomic mass is 10.2. The lowest BCUT2D eigenvalue weighted by Gasteiger charge is -2.10. The van der Waals surface area contributed by atoms with E-state index in [2.05, 4.69) is 4.98 Å². The van der Waals surface area contributed by atoms with Crippen molar-refractivity contribution in [2.24, 2.45) is 5.73 Å². The molecule has 0 amide bonds. The van der Waals surface area contributed by atoms with Crippen molar-refractivity contribution >= 4 is 34.7 Å². The zero-order valence-electron chi connectivity index (χ0n) is 12.4. The molecule has 0 fully saturated rings. The van der Waals surface area contributed by atoms with Gasteiger partial charge in [-0.25, -0.2) is 4.98 Å². The Morgan fingerprint density at radius 1 is 1.30 bits per heavy atom. The van der Waals surface area contributed by atoms with Gasteiger partial charge in [0.1, 0.15) is 11.6 Å². The van der Waals surface area contributed by atoms with Crippen LogP contribution in [0.2, 0.25) is 5.02 Å². The van der Waals surface area contributed by atoms with Gasteiger partial charge in [-0.1, -0.05) is 11.6 Å². The van der Waals surface area contributed by atoms with Crippen LogP contribution in [0.15, 0.2) is 45.8 Å². The fourth-order valence-corrected chi connectivity index (χ4v) is 2.51. The first-order valence-electron chi connectivity index (χ1n) is 7.31. The van der Waals surface area contributed by atoms with Crippen molar-refractivity contribution < 1.29 is 4.42 Å². The van der Waals surface area contributed by atoms with Gasteiger partial charge in [0.05, 0.1) is 17.2 Å². The summed E-state index contributed by atoms with van der Waals surface area (Å²) in [6, 6.07) is 8.71. The zero-order chi connectivity index (χ0) is 16.2. The van der Waals surface area contributed by atoms with E-state index >= 15 is 0 Å². The van der Waals surface area contributed by atoms with Crippen LogP contribution >= 0.6 is 11.6 Å². The maximum Gasteiger partial charge on any atom is 0.261 e. The summed E-state index contributed by atoms with van der Waals surface area (Å²) in [6.07, 6.45) is 5.82. The molecule has 0 radical (unpaired) electrons. The average Bonchev–Trinajstić information content (AvgIpc) is 3.05. The Balaban J connectivity index is 2.14. The Morgan fingerprint density at radius 3 is 2.91 bits per heavy atom. The molecule has 0 unspecified atom stereocenters. The number of furan rings is 1. The van der Waals surface area contributed by atoms with Crippen molar-refractivity contribution in [3.63, 3.8) is 0 Å². The molecule has 0 spiro atoms. The van der Waals surface area contributed by atoms with Crippen LogP contribution < -0.4 is 11.3 Å². The number of benzene rings is 1. The lowest BCUT2D eigenvalue weighted by Crippen LogP contribution is -2.25. The van der Waals surface area contributed by atoms with Gasteiger partial charge in [-0.2, -0.15) is 0 Å². The number of nitrogens with zero attached hydrogens (tertiary/aromatic N) is 2. The van der Waals surface area contributed by atoms with Gasteiger partial charge in [-0.15, -0.1) is 0 Å². The number of fused-ring (bicyclic) bond motifs is 1. The van der Waals surface area contributed by atoms with Crippen LogP contribution in [0.5, 0.6) is 0 Å². The normalized spacial score (nSPS) is 11.6. The number of halogens is 1. The van der Waals surface area contributed by atoms with Gasteiger partial charge in [0, 0.05) is 11.6 Å². The summed E-state index contributed by atoms with van der Waals surface area (Å²) in [4.78, 5) is 17.3. The largest absolute Gasteiger partial charge is 0.465 e. The molecule has 0 saturated heterocycles. The fourth-order valence-electron chi connectivity index (χ4n) is 2.35. The molecule has 1 aromatic carbocycles. The Hall–Kier alpha value is -2.37. The van der Waals surface area contributed by atoms with Crippen molar-refractivity contribution in [1.29, 1.82) is 0 Å². The third-order valence-electron chi connectivity index (χ3n) is 3.47. The highest BCUT2D eigenvalue weighted by molar-refractivity contribution is 6.31. The number of rotatable bonds is 5. The molecule has 2 aromatic heterocycles. The van der Waals surface area contributed by atoms with Crippen LogP contribution in [0, 0.1) is 0 Å². The maximum absolute atomic E-state index is 12.7. The molecule has 2 heterocycles. The minimum atomic E-state index is -0.0980. The summed E-state index contributed by atoms with van der Waals surface area (Å²) >= 11 is 6.01. The molecule has 0 atom stereocenters. The second-order valence-electron chi connectivity index (χ2n) is 5.08. The van der Waals surface area contributed by atoms with E-state index < -0.39 is 0 Å².